The molecule has 0 radical (unpaired) electrons. The third kappa shape index (κ3) is 3.38. The highest BCUT2D eigenvalue weighted by atomic mass is 79.9. The number of nitrogens with one attached hydrogen (secondary N) is 1. The summed E-state index contributed by atoms with van der Waals surface area (Å²) >= 11 is 8.31. The second-order valence-corrected chi connectivity index (χ2v) is 3.87. The number of carbonyl (C=O) groups is 1. The Hall–Kier alpha value is -0.750. The van der Waals surface area contributed by atoms with Crippen LogP contribution in [0.5, 0.6) is 0 Å². The van der Waals surface area contributed by atoms with Crippen LogP contribution in [0.15, 0.2) is 18.2 Å². The molecule has 1 aromatic carbocycles. The first kappa shape index (κ1) is 13.3. The molecular weight excluding hydrogens is 310 g/mol. The van der Waals surface area contributed by atoms with E-state index in [1.54, 1.807) is 0 Å². The van der Waals surface area contributed by atoms with Gasteiger partial charge in [0.2, 0.25) is 5.91 Å². The molecule has 16 heavy (non-hydrogen) atoms. The Morgan fingerprint density at radius 1 is 1.44 bits per heavy atom. The van der Waals surface area contributed by atoms with Gasteiger partial charge < -0.3 is 5.32 Å². The lowest BCUT2D eigenvalue weighted by atomic mass is 10.1. The average molecular weight is 317 g/mol. The number of carbonyl (C=O) groups excluding carboxylic acids is 1. The molecule has 0 unspecified atom stereocenters. The molecule has 0 spiro atoms. The lowest BCUT2D eigenvalue weighted by Crippen LogP contribution is -2.17. The van der Waals surface area contributed by atoms with Crippen molar-refractivity contribution in [1.29, 1.82) is 0 Å². The third-order valence-electron chi connectivity index (χ3n) is 1.68. The van der Waals surface area contributed by atoms with E-state index < -0.39 is 17.6 Å². The Morgan fingerprint density at radius 3 is 2.56 bits per heavy atom. The minimum absolute atomic E-state index is 0.0378. The first-order chi connectivity index (χ1) is 7.34. The number of amides is 1. The minimum Gasteiger partial charge on any atom is -0.325 e. The van der Waals surface area contributed by atoms with Crippen LogP contribution in [0.3, 0.4) is 0 Å². The molecule has 0 aliphatic carbocycles. The van der Waals surface area contributed by atoms with Crippen molar-refractivity contribution in [1.82, 2.24) is 0 Å². The first-order valence-electron chi connectivity index (χ1n) is 4.07. The van der Waals surface area contributed by atoms with E-state index in [1.807, 2.05) is 0 Å². The predicted molar refractivity (Wildman–Crippen MR) is 58.9 cm³/mol. The molecule has 0 aliphatic heterocycles. The SMILES string of the molecule is O=C(CBr)Nc1ccc(Cl)cc1C(F)(F)F. The number of halogens is 5. The molecule has 1 aromatic rings. The van der Waals surface area contributed by atoms with Gasteiger partial charge in [0.15, 0.2) is 0 Å². The molecule has 7 heteroatoms. The van der Waals surface area contributed by atoms with Crippen LogP contribution in [-0.2, 0) is 11.0 Å². The number of hydrogen-bond acceptors (Lipinski definition) is 1. The van der Waals surface area contributed by atoms with Crippen LogP contribution in [0, 0.1) is 0 Å². The summed E-state index contributed by atoms with van der Waals surface area (Å²) in [6.45, 7) is 0. The van der Waals surface area contributed by atoms with E-state index in [4.69, 9.17) is 11.6 Å². The zero-order chi connectivity index (χ0) is 12.3. The van der Waals surface area contributed by atoms with E-state index in [2.05, 4.69) is 21.2 Å². The summed E-state index contributed by atoms with van der Waals surface area (Å²) in [5.41, 5.74) is -1.27. The molecule has 0 saturated heterocycles. The summed E-state index contributed by atoms with van der Waals surface area (Å²) in [6.07, 6.45) is -4.56. The second kappa shape index (κ2) is 5.05. The Morgan fingerprint density at radius 2 is 2.06 bits per heavy atom. The molecular formula is C9H6BrClF3NO. The maximum atomic E-state index is 12.6. The summed E-state index contributed by atoms with van der Waals surface area (Å²) in [5, 5.41) is 2.02. The van der Waals surface area contributed by atoms with Crippen LogP contribution in [0.2, 0.25) is 5.02 Å². The van der Waals surface area contributed by atoms with Crippen molar-refractivity contribution in [2.75, 3.05) is 10.6 Å². The fourth-order valence-corrected chi connectivity index (χ4v) is 1.36. The highest BCUT2D eigenvalue weighted by Crippen LogP contribution is 2.36. The van der Waals surface area contributed by atoms with Crippen molar-refractivity contribution in [3.05, 3.63) is 28.8 Å². The first-order valence-corrected chi connectivity index (χ1v) is 5.57. The monoisotopic (exact) mass is 315 g/mol. The predicted octanol–water partition coefficient (Wildman–Crippen LogP) is 3.69. The van der Waals surface area contributed by atoms with Crippen molar-refractivity contribution in [2.45, 2.75) is 6.18 Å². The number of hydrogen-bond donors (Lipinski definition) is 1. The van der Waals surface area contributed by atoms with Gasteiger partial charge in [-0.1, -0.05) is 27.5 Å². The normalized spacial score (nSPS) is 11.3. The molecule has 0 atom stereocenters. The lowest BCUT2D eigenvalue weighted by molar-refractivity contribution is -0.136. The smallest absolute Gasteiger partial charge is 0.325 e. The zero-order valence-corrected chi connectivity index (χ0v) is 10.1. The fraction of sp³-hybridized carbons (Fsp3) is 0.222. The van der Waals surface area contributed by atoms with Crippen LogP contribution in [0.25, 0.3) is 0 Å². The largest absolute Gasteiger partial charge is 0.418 e. The van der Waals surface area contributed by atoms with Crippen LogP contribution in [0.4, 0.5) is 18.9 Å². The number of rotatable bonds is 2. The van der Waals surface area contributed by atoms with Gasteiger partial charge >= 0.3 is 6.18 Å². The molecule has 88 valence electrons. The van der Waals surface area contributed by atoms with E-state index in [0.717, 1.165) is 12.1 Å². The molecule has 0 fully saturated rings. The van der Waals surface area contributed by atoms with Crippen molar-refractivity contribution < 1.29 is 18.0 Å². The highest BCUT2D eigenvalue weighted by molar-refractivity contribution is 9.09. The summed E-state index contributed by atoms with van der Waals surface area (Å²) in [4.78, 5) is 11.0. The summed E-state index contributed by atoms with van der Waals surface area (Å²) in [6, 6.07) is 3.16. The van der Waals surface area contributed by atoms with Gasteiger partial charge in [-0.25, -0.2) is 0 Å². The number of benzene rings is 1. The lowest BCUT2D eigenvalue weighted by Gasteiger charge is -2.13. The summed E-state index contributed by atoms with van der Waals surface area (Å²) in [5.74, 6) is -0.562. The molecule has 0 aliphatic rings. The molecule has 0 bridgehead atoms. The van der Waals surface area contributed by atoms with Crippen LogP contribution in [0.1, 0.15) is 5.56 Å². The van der Waals surface area contributed by atoms with Gasteiger partial charge in [-0.05, 0) is 18.2 Å². The van der Waals surface area contributed by atoms with Crippen molar-refractivity contribution in [3.63, 3.8) is 0 Å². The Bertz CT molecular complexity index is 408. The molecule has 0 aromatic heterocycles. The number of alkyl halides is 4. The molecule has 1 N–H and O–H groups in total. The Balaban J connectivity index is 3.13. The van der Waals surface area contributed by atoms with Gasteiger partial charge in [0.1, 0.15) is 0 Å². The van der Waals surface area contributed by atoms with Gasteiger partial charge in [-0.15, -0.1) is 0 Å². The third-order valence-corrected chi connectivity index (χ3v) is 2.43. The van der Waals surface area contributed by atoms with Gasteiger partial charge in [0, 0.05) is 5.02 Å². The van der Waals surface area contributed by atoms with Crippen LogP contribution < -0.4 is 5.32 Å². The van der Waals surface area contributed by atoms with E-state index in [-0.39, 0.29) is 16.0 Å². The molecule has 1 rings (SSSR count). The maximum Gasteiger partial charge on any atom is 0.418 e. The van der Waals surface area contributed by atoms with E-state index in [9.17, 15) is 18.0 Å². The van der Waals surface area contributed by atoms with Crippen LogP contribution >= 0.6 is 27.5 Å². The van der Waals surface area contributed by atoms with Gasteiger partial charge in [-0.2, -0.15) is 13.2 Å². The zero-order valence-electron chi connectivity index (χ0n) is 7.74. The van der Waals surface area contributed by atoms with E-state index in [0.29, 0.717) is 0 Å². The Kier molecular flexibility index (Phi) is 4.21. The Labute approximate surface area is 103 Å². The van der Waals surface area contributed by atoms with E-state index in [1.165, 1.54) is 6.07 Å². The minimum atomic E-state index is -4.56. The molecule has 2 nitrogen and oxygen atoms in total. The summed E-state index contributed by atoms with van der Waals surface area (Å²) in [7, 11) is 0. The fourth-order valence-electron chi connectivity index (χ4n) is 1.04. The van der Waals surface area contributed by atoms with Gasteiger partial charge in [0.05, 0.1) is 16.6 Å². The quantitative estimate of drug-likeness (QED) is 0.828. The van der Waals surface area contributed by atoms with Crippen molar-refractivity contribution in [2.24, 2.45) is 0 Å². The number of anilines is 1. The molecule has 1 amide bonds. The van der Waals surface area contributed by atoms with E-state index >= 15 is 0 Å². The van der Waals surface area contributed by atoms with Crippen molar-refractivity contribution in [3.8, 4) is 0 Å². The standard InChI is InChI=1S/C9H6BrClF3NO/c10-4-8(16)15-7-2-1-5(11)3-6(7)9(12,13)14/h1-3H,4H2,(H,15,16). The highest BCUT2D eigenvalue weighted by Gasteiger charge is 2.34. The second-order valence-electron chi connectivity index (χ2n) is 2.87. The topological polar surface area (TPSA) is 29.1 Å². The van der Waals surface area contributed by atoms with Gasteiger partial charge in [-0.3, -0.25) is 4.79 Å². The van der Waals surface area contributed by atoms with Crippen LogP contribution in [-0.4, -0.2) is 11.2 Å². The maximum absolute atomic E-state index is 12.6. The summed E-state index contributed by atoms with van der Waals surface area (Å²) < 4.78 is 37.7. The average Bonchev–Trinajstić information content (AvgIpc) is 2.19. The molecule has 0 saturated carbocycles. The molecule has 0 heterocycles. The van der Waals surface area contributed by atoms with Gasteiger partial charge in [0.25, 0.3) is 0 Å². The van der Waals surface area contributed by atoms with Crippen molar-refractivity contribution >= 4 is 39.1 Å².